The van der Waals surface area contributed by atoms with Crippen LogP contribution in [0.1, 0.15) is 70.6 Å². The first-order valence-electron chi connectivity index (χ1n) is 11.7. The van der Waals surface area contributed by atoms with Crippen LogP contribution in [0.2, 0.25) is 0 Å². The number of fused-ring (bicyclic) bond motifs is 1. The summed E-state index contributed by atoms with van der Waals surface area (Å²) in [4.78, 5) is 42.0. The van der Waals surface area contributed by atoms with E-state index in [1.165, 1.54) is 11.1 Å². The van der Waals surface area contributed by atoms with Crippen LogP contribution in [0.3, 0.4) is 0 Å². The van der Waals surface area contributed by atoms with Gasteiger partial charge < -0.3 is 10.2 Å². The second-order valence-corrected chi connectivity index (χ2v) is 10.0. The average molecular weight is 428 g/mol. The second-order valence-electron chi connectivity index (χ2n) is 10.0. The minimum Gasteiger partial charge on any atom is -0.341 e. The molecule has 6 heteroatoms. The van der Waals surface area contributed by atoms with E-state index in [1.807, 2.05) is 17.0 Å². The smallest absolute Gasteiger partial charge is 0.325 e. The molecule has 3 rings (SSSR count). The number of imide groups is 1. The minimum absolute atomic E-state index is 0.164. The first kappa shape index (κ1) is 23.3. The van der Waals surface area contributed by atoms with Gasteiger partial charge in [-0.05, 0) is 67.6 Å². The third-order valence-corrected chi connectivity index (χ3v) is 6.55. The van der Waals surface area contributed by atoms with Crippen molar-refractivity contribution in [3.8, 4) is 0 Å². The molecule has 1 heterocycles. The SMILES string of the molecule is CC(C)CCN(CCC(C)C)C(=O)CN1C(=O)N[C@@](C)(c2ccc3c(c2)CCC3)C1=O. The summed E-state index contributed by atoms with van der Waals surface area (Å²) < 4.78 is 0. The zero-order chi connectivity index (χ0) is 22.8. The molecule has 1 fully saturated rings. The Kier molecular flexibility index (Phi) is 7.07. The minimum atomic E-state index is -1.13. The lowest BCUT2D eigenvalue weighted by Gasteiger charge is -2.27. The summed E-state index contributed by atoms with van der Waals surface area (Å²) in [5.41, 5.74) is 2.24. The molecule has 4 amide bonds. The lowest BCUT2D eigenvalue weighted by molar-refractivity contribution is -0.139. The van der Waals surface area contributed by atoms with Crippen molar-refractivity contribution in [1.29, 1.82) is 0 Å². The highest BCUT2D eigenvalue weighted by atomic mass is 16.2. The number of carbonyl (C=O) groups excluding carboxylic acids is 3. The van der Waals surface area contributed by atoms with Gasteiger partial charge in [0.05, 0.1) is 0 Å². The van der Waals surface area contributed by atoms with Gasteiger partial charge in [-0.3, -0.25) is 14.5 Å². The van der Waals surface area contributed by atoms with E-state index < -0.39 is 11.6 Å². The predicted molar refractivity (Wildman–Crippen MR) is 122 cm³/mol. The zero-order valence-corrected chi connectivity index (χ0v) is 19.7. The van der Waals surface area contributed by atoms with Gasteiger partial charge in [-0.15, -0.1) is 0 Å². The Labute approximate surface area is 186 Å². The van der Waals surface area contributed by atoms with E-state index >= 15 is 0 Å². The number of benzene rings is 1. The molecule has 1 aromatic rings. The summed E-state index contributed by atoms with van der Waals surface area (Å²) in [6, 6.07) is 5.55. The molecular weight excluding hydrogens is 390 g/mol. The molecule has 0 radical (unpaired) electrons. The molecule has 0 aromatic heterocycles. The zero-order valence-electron chi connectivity index (χ0n) is 19.7. The maximum atomic E-state index is 13.3. The van der Waals surface area contributed by atoms with E-state index in [4.69, 9.17) is 0 Å². The first-order chi connectivity index (χ1) is 14.6. The second kappa shape index (κ2) is 9.41. The molecule has 2 aliphatic rings. The summed E-state index contributed by atoms with van der Waals surface area (Å²) in [5.74, 6) is 0.447. The molecule has 1 aliphatic heterocycles. The van der Waals surface area contributed by atoms with Crippen molar-refractivity contribution in [2.24, 2.45) is 11.8 Å². The van der Waals surface area contributed by atoms with E-state index in [2.05, 4.69) is 39.1 Å². The Balaban J connectivity index is 1.73. The van der Waals surface area contributed by atoms with Crippen molar-refractivity contribution < 1.29 is 14.4 Å². The maximum absolute atomic E-state index is 13.3. The van der Waals surface area contributed by atoms with Gasteiger partial charge in [-0.25, -0.2) is 4.79 Å². The number of urea groups is 1. The molecule has 1 aromatic carbocycles. The number of carbonyl (C=O) groups is 3. The molecule has 0 unspecified atom stereocenters. The molecule has 0 spiro atoms. The fourth-order valence-corrected chi connectivity index (χ4v) is 4.34. The van der Waals surface area contributed by atoms with Gasteiger partial charge in [0.25, 0.3) is 5.91 Å². The number of hydrogen-bond donors (Lipinski definition) is 1. The molecule has 1 aliphatic carbocycles. The third kappa shape index (κ3) is 5.10. The third-order valence-electron chi connectivity index (χ3n) is 6.55. The monoisotopic (exact) mass is 427 g/mol. The first-order valence-corrected chi connectivity index (χ1v) is 11.7. The van der Waals surface area contributed by atoms with Gasteiger partial charge in [-0.1, -0.05) is 45.9 Å². The summed E-state index contributed by atoms with van der Waals surface area (Å²) in [7, 11) is 0. The van der Waals surface area contributed by atoms with Crippen molar-refractivity contribution >= 4 is 17.8 Å². The number of hydrogen-bond acceptors (Lipinski definition) is 3. The van der Waals surface area contributed by atoms with Crippen LogP contribution in [-0.2, 0) is 28.0 Å². The van der Waals surface area contributed by atoms with Crippen molar-refractivity contribution in [3.63, 3.8) is 0 Å². The number of amides is 4. The summed E-state index contributed by atoms with van der Waals surface area (Å²) >= 11 is 0. The standard InChI is InChI=1S/C25H37N3O3/c1-17(2)11-13-27(14-12-18(3)4)22(29)16-28-23(30)25(5,26-24(28)31)21-10-9-19-7-6-8-20(19)15-21/h9-10,15,17-18H,6-8,11-14,16H2,1-5H3,(H,26,31)/t25-/m0/s1. The van der Waals surface area contributed by atoms with E-state index in [0.717, 1.165) is 42.6 Å². The van der Waals surface area contributed by atoms with Crippen LogP contribution in [0.5, 0.6) is 0 Å². The number of aryl methyl sites for hydroxylation is 2. The van der Waals surface area contributed by atoms with Gasteiger partial charge in [0.15, 0.2) is 0 Å². The van der Waals surface area contributed by atoms with Crippen LogP contribution >= 0.6 is 0 Å². The molecule has 0 bridgehead atoms. The van der Waals surface area contributed by atoms with Crippen molar-refractivity contribution in [2.75, 3.05) is 19.6 Å². The Morgan fingerprint density at radius 3 is 2.29 bits per heavy atom. The van der Waals surface area contributed by atoms with Gasteiger partial charge in [0, 0.05) is 13.1 Å². The van der Waals surface area contributed by atoms with Crippen LogP contribution < -0.4 is 5.32 Å². The fraction of sp³-hybridized carbons (Fsp3) is 0.640. The van der Waals surface area contributed by atoms with Crippen LogP contribution in [0, 0.1) is 11.8 Å². The molecule has 1 N–H and O–H groups in total. The van der Waals surface area contributed by atoms with Crippen molar-refractivity contribution in [2.45, 2.75) is 72.3 Å². The number of nitrogens with one attached hydrogen (secondary N) is 1. The largest absolute Gasteiger partial charge is 0.341 e. The summed E-state index contributed by atoms with van der Waals surface area (Å²) in [6.07, 6.45) is 4.99. The van der Waals surface area contributed by atoms with Crippen molar-refractivity contribution in [3.05, 3.63) is 34.9 Å². The van der Waals surface area contributed by atoms with Crippen LogP contribution in [-0.4, -0.2) is 47.3 Å². The topological polar surface area (TPSA) is 69.7 Å². The van der Waals surface area contributed by atoms with E-state index in [0.29, 0.717) is 24.9 Å². The molecular formula is C25H37N3O3. The van der Waals surface area contributed by atoms with E-state index in [9.17, 15) is 14.4 Å². The van der Waals surface area contributed by atoms with Crippen LogP contribution in [0.25, 0.3) is 0 Å². The molecule has 0 saturated carbocycles. The van der Waals surface area contributed by atoms with Crippen LogP contribution in [0.4, 0.5) is 4.79 Å². The number of rotatable bonds is 9. The Hall–Kier alpha value is -2.37. The fourth-order valence-electron chi connectivity index (χ4n) is 4.34. The van der Waals surface area contributed by atoms with Gasteiger partial charge in [0.2, 0.25) is 5.91 Å². The maximum Gasteiger partial charge on any atom is 0.325 e. The summed E-state index contributed by atoms with van der Waals surface area (Å²) in [5, 5.41) is 2.85. The number of nitrogens with zero attached hydrogens (tertiary/aromatic N) is 2. The molecule has 1 saturated heterocycles. The summed E-state index contributed by atoms with van der Waals surface area (Å²) in [6.45, 7) is 11.3. The van der Waals surface area contributed by atoms with Gasteiger partial charge in [0.1, 0.15) is 12.1 Å². The van der Waals surface area contributed by atoms with Crippen molar-refractivity contribution in [1.82, 2.24) is 15.1 Å². The van der Waals surface area contributed by atoms with Gasteiger partial charge >= 0.3 is 6.03 Å². The van der Waals surface area contributed by atoms with Crippen LogP contribution in [0.15, 0.2) is 18.2 Å². The average Bonchev–Trinajstić information content (AvgIpc) is 3.25. The Morgan fingerprint density at radius 2 is 1.68 bits per heavy atom. The quantitative estimate of drug-likeness (QED) is 0.609. The highest BCUT2D eigenvalue weighted by Crippen LogP contribution is 2.32. The molecule has 6 nitrogen and oxygen atoms in total. The Morgan fingerprint density at radius 1 is 1.06 bits per heavy atom. The van der Waals surface area contributed by atoms with E-state index in [-0.39, 0.29) is 18.4 Å². The highest BCUT2D eigenvalue weighted by molar-refractivity contribution is 6.09. The Bertz CT molecular complexity index is 836. The lowest BCUT2D eigenvalue weighted by Crippen LogP contribution is -2.45. The molecule has 1 atom stereocenters. The van der Waals surface area contributed by atoms with E-state index in [1.54, 1.807) is 6.92 Å². The molecule has 170 valence electrons. The van der Waals surface area contributed by atoms with Gasteiger partial charge in [-0.2, -0.15) is 0 Å². The normalized spacial score (nSPS) is 20.5. The molecule has 31 heavy (non-hydrogen) atoms. The predicted octanol–water partition coefficient (Wildman–Crippen LogP) is 3.86. The highest BCUT2D eigenvalue weighted by Gasteiger charge is 2.50. The lowest BCUT2D eigenvalue weighted by atomic mass is 9.89.